The molecule has 64 valence electrons. The molecule has 0 aliphatic rings. The van der Waals surface area contributed by atoms with E-state index in [1.54, 1.807) is 5.48 Å². The Morgan fingerprint density at radius 1 is 1.64 bits per heavy atom. The van der Waals surface area contributed by atoms with Crippen LogP contribution in [0.1, 0.15) is 20.3 Å². The maximum Gasteiger partial charge on any atom is 0.428 e. The molecular weight excluding hydrogens is 146 g/mol. The van der Waals surface area contributed by atoms with Crippen LogP contribution < -0.4 is 5.48 Å². The molecule has 0 aromatic rings. The van der Waals surface area contributed by atoms with Crippen LogP contribution in [0, 0.1) is 0 Å². The Morgan fingerprint density at radius 3 is 2.73 bits per heavy atom. The second-order valence-electron chi connectivity index (χ2n) is 2.33. The van der Waals surface area contributed by atoms with Crippen molar-refractivity contribution in [3.05, 3.63) is 11.6 Å². The van der Waals surface area contributed by atoms with Gasteiger partial charge < -0.3 is 5.11 Å². The van der Waals surface area contributed by atoms with Gasteiger partial charge in [-0.3, -0.25) is 4.84 Å². The fraction of sp³-hybridized carbons (Fsp3) is 0.571. The molecule has 2 N–H and O–H groups in total. The van der Waals surface area contributed by atoms with Crippen molar-refractivity contribution in [3.8, 4) is 0 Å². The summed E-state index contributed by atoms with van der Waals surface area (Å²) in [6, 6.07) is 0. The summed E-state index contributed by atoms with van der Waals surface area (Å²) in [6.07, 6.45) is 1.54. The number of carboxylic acid groups (broad SMARTS) is 1. The molecule has 0 aromatic carbocycles. The number of hydrogen-bond acceptors (Lipinski definition) is 2. The molecule has 0 heterocycles. The number of rotatable bonds is 4. The van der Waals surface area contributed by atoms with Gasteiger partial charge in [-0.2, -0.15) is 5.48 Å². The summed E-state index contributed by atoms with van der Waals surface area (Å²) in [5, 5.41) is 8.07. The molecule has 11 heavy (non-hydrogen) atoms. The Hall–Kier alpha value is -1.03. The van der Waals surface area contributed by atoms with Crippen molar-refractivity contribution in [2.45, 2.75) is 20.3 Å². The number of hydroxylamine groups is 1. The average molecular weight is 159 g/mol. The minimum absolute atomic E-state index is 0.373. The maximum absolute atomic E-state index is 9.84. The van der Waals surface area contributed by atoms with Crippen LogP contribution in [0.25, 0.3) is 0 Å². The highest BCUT2D eigenvalue weighted by Gasteiger charge is 1.90. The molecule has 4 heteroatoms. The van der Waals surface area contributed by atoms with Crippen LogP contribution >= 0.6 is 0 Å². The third-order valence-electron chi connectivity index (χ3n) is 0.932. The zero-order chi connectivity index (χ0) is 8.69. The van der Waals surface area contributed by atoms with Gasteiger partial charge in [-0.1, -0.05) is 11.6 Å². The van der Waals surface area contributed by atoms with Crippen LogP contribution in [0.5, 0.6) is 0 Å². The summed E-state index contributed by atoms with van der Waals surface area (Å²) in [5.74, 6) is 0. The Bertz CT molecular complexity index is 150. The summed E-state index contributed by atoms with van der Waals surface area (Å²) in [5.41, 5.74) is 3.00. The van der Waals surface area contributed by atoms with E-state index in [-0.39, 0.29) is 0 Å². The highest BCUT2D eigenvalue weighted by atomic mass is 16.7. The first-order valence-corrected chi connectivity index (χ1v) is 3.37. The lowest BCUT2D eigenvalue weighted by Crippen LogP contribution is -2.21. The second-order valence-corrected chi connectivity index (χ2v) is 2.33. The van der Waals surface area contributed by atoms with E-state index in [1.807, 2.05) is 19.9 Å². The predicted molar refractivity (Wildman–Crippen MR) is 41.2 cm³/mol. The Balaban J connectivity index is 3.15. The highest BCUT2D eigenvalue weighted by Crippen LogP contribution is 1.91. The van der Waals surface area contributed by atoms with E-state index >= 15 is 0 Å². The Morgan fingerprint density at radius 2 is 2.27 bits per heavy atom. The predicted octanol–water partition coefficient (Wildman–Crippen LogP) is 1.54. The van der Waals surface area contributed by atoms with Crippen LogP contribution in [0.3, 0.4) is 0 Å². The lowest BCUT2D eigenvalue weighted by atomic mass is 10.3. The fourth-order valence-corrected chi connectivity index (χ4v) is 0.519. The van der Waals surface area contributed by atoms with E-state index in [4.69, 9.17) is 5.11 Å². The van der Waals surface area contributed by atoms with Crippen LogP contribution in [-0.2, 0) is 4.84 Å². The minimum atomic E-state index is -1.16. The third kappa shape index (κ3) is 8.97. The standard InChI is InChI=1S/C7H13NO3/c1-6(2)4-3-5-11-8-7(9)10/h4,8H,3,5H2,1-2H3,(H,9,10). The van der Waals surface area contributed by atoms with Crippen molar-refractivity contribution < 1.29 is 14.7 Å². The van der Waals surface area contributed by atoms with Gasteiger partial charge in [0.15, 0.2) is 0 Å². The van der Waals surface area contributed by atoms with Crippen molar-refractivity contribution in [3.63, 3.8) is 0 Å². The average Bonchev–Trinajstić information content (AvgIpc) is 1.85. The molecule has 0 spiro atoms. The van der Waals surface area contributed by atoms with E-state index in [2.05, 4.69) is 4.84 Å². The smallest absolute Gasteiger partial charge is 0.428 e. The molecule has 4 nitrogen and oxygen atoms in total. The number of nitrogens with one attached hydrogen (secondary N) is 1. The summed E-state index contributed by atoms with van der Waals surface area (Å²) in [6.45, 7) is 4.33. The van der Waals surface area contributed by atoms with Gasteiger partial charge in [0.1, 0.15) is 0 Å². The van der Waals surface area contributed by atoms with Gasteiger partial charge in [0.25, 0.3) is 0 Å². The van der Waals surface area contributed by atoms with E-state index in [9.17, 15) is 4.79 Å². The molecule has 0 fully saturated rings. The van der Waals surface area contributed by atoms with Gasteiger partial charge in [0.2, 0.25) is 0 Å². The molecule has 0 saturated heterocycles. The van der Waals surface area contributed by atoms with Gasteiger partial charge >= 0.3 is 6.09 Å². The van der Waals surface area contributed by atoms with E-state index in [1.165, 1.54) is 5.57 Å². The SMILES string of the molecule is CC(C)=CCCONC(=O)O. The van der Waals surface area contributed by atoms with Gasteiger partial charge in [0, 0.05) is 0 Å². The highest BCUT2D eigenvalue weighted by molar-refractivity contribution is 5.62. The van der Waals surface area contributed by atoms with Crippen molar-refractivity contribution in [2.75, 3.05) is 6.61 Å². The van der Waals surface area contributed by atoms with E-state index in [0.717, 1.165) is 6.42 Å². The molecule has 0 aliphatic heterocycles. The number of allylic oxidation sites excluding steroid dienone is 1. The molecule has 0 saturated carbocycles. The number of amides is 1. The largest absolute Gasteiger partial charge is 0.464 e. The van der Waals surface area contributed by atoms with Crippen LogP contribution in [0.15, 0.2) is 11.6 Å². The second kappa shape index (κ2) is 5.73. The monoisotopic (exact) mass is 159 g/mol. The number of carbonyl (C=O) groups is 1. The molecule has 0 bridgehead atoms. The zero-order valence-electron chi connectivity index (χ0n) is 6.76. The lowest BCUT2D eigenvalue weighted by molar-refractivity contribution is 0.0449. The van der Waals surface area contributed by atoms with Crippen molar-refractivity contribution in [1.82, 2.24) is 5.48 Å². The van der Waals surface area contributed by atoms with Crippen molar-refractivity contribution in [1.29, 1.82) is 0 Å². The van der Waals surface area contributed by atoms with Crippen molar-refractivity contribution >= 4 is 6.09 Å². The summed E-state index contributed by atoms with van der Waals surface area (Å²) in [4.78, 5) is 14.4. The number of hydrogen-bond donors (Lipinski definition) is 2. The van der Waals surface area contributed by atoms with Crippen LogP contribution in [0.4, 0.5) is 4.79 Å². The van der Waals surface area contributed by atoms with Gasteiger partial charge in [-0.05, 0) is 20.3 Å². The Labute approximate surface area is 65.8 Å². The van der Waals surface area contributed by atoms with Gasteiger partial charge in [0.05, 0.1) is 6.61 Å². The van der Waals surface area contributed by atoms with Gasteiger partial charge in [-0.25, -0.2) is 4.79 Å². The van der Waals surface area contributed by atoms with Gasteiger partial charge in [-0.15, -0.1) is 0 Å². The molecule has 0 unspecified atom stereocenters. The van der Waals surface area contributed by atoms with E-state index < -0.39 is 6.09 Å². The summed E-state index contributed by atoms with van der Waals surface area (Å²) in [7, 11) is 0. The molecule has 0 aliphatic carbocycles. The zero-order valence-corrected chi connectivity index (χ0v) is 6.76. The topological polar surface area (TPSA) is 58.6 Å². The first-order valence-electron chi connectivity index (χ1n) is 3.37. The lowest BCUT2D eigenvalue weighted by Gasteiger charge is -1.98. The maximum atomic E-state index is 9.84. The molecule has 0 atom stereocenters. The normalized spacial score (nSPS) is 8.91. The molecule has 0 aromatic heterocycles. The van der Waals surface area contributed by atoms with Crippen molar-refractivity contribution in [2.24, 2.45) is 0 Å². The fourth-order valence-electron chi connectivity index (χ4n) is 0.519. The molecule has 0 radical (unpaired) electrons. The quantitative estimate of drug-likeness (QED) is 0.371. The molecular formula is C7H13NO3. The van der Waals surface area contributed by atoms with Crippen LogP contribution in [0.2, 0.25) is 0 Å². The minimum Gasteiger partial charge on any atom is -0.464 e. The summed E-state index contributed by atoms with van der Waals surface area (Å²) < 4.78 is 0. The summed E-state index contributed by atoms with van der Waals surface area (Å²) >= 11 is 0. The van der Waals surface area contributed by atoms with Crippen LogP contribution in [-0.4, -0.2) is 17.8 Å². The third-order valence-corrected chi connectivity index (χ3v) is 0.932. The first kappa shape index (κ1) is 9.97. The van der Waals surface area contributed by atoms with E-state index in [0.29, 0.717) is 6.61 Å². The first-order chi connectivity index (χ1) is 5.13. The molecule has 1 amide bonds. The molecule has 0 rings (SSSR count). The Kier molecular flexibility index (Phi) is 5.20.